The van der Waals surface area contributed by atoms with Gasteiger partial charge in [-0.2, -0.15) is 5.10 Å². The van der Waals surface area contributed by atoms with Crippen LogP contribution in [0.3, 0.4) is 0 Å². The lowest BCUT2D eigenvalue weighted by molar-refractivity contribution is 0.220. The number of piperidine rings is 1. The van der Waals surface area contributed by atoms with Crippen LogP contribution >= 0.6 is 0 Å². The number of aromatic nitrogens is 7. The van der Waals surface area contributed by atoms with E-state index in [0.717, 1.165) is 36.2 Å². The van der Waals surface area contributed by atoms with Gasteiger partial charge in [0.15, 0.2) is 11.6 Å². The minimum atomic E-state index is -0.443. The molecule has 5 aromatic heterocycles. The van der Waals surface area contributed by atoms with E-state index < -0.39 is 5.82 Å². The molecule has 1 saturated heterocycles. The van der Waals surface area contributed by atoms with E-state index in [1.54, 1.807) is 30.9 Å². The van der Waals surface area contributed by atoms with E-state index in [-0.39, 0.29) is 5.69 Å². The maximum absolute atomic E-state index is 15.8. The number of H-pyrrole nitrogens is 2. The highest BCUT2D eigenvalue weighted by Crippen LogP contribution is 2.32. The van der Waals surface area contributed by atoms with Crippen LogP contribution in [0.2, 0.25) is 0 Å². The number of imidazole rings is 1. The Kier molecular flexibility index (Phi) is 4.61. The summed E-state index contributed by atoms with van der Waals surface area (Å²) in [6, 6.07) is 3.78. The minimum absolute atomic E-state index is 0.255. The van der Waals surface area contributed by atoms with Gasteiger partial charge in [-0.15, -0.1) is 0 Å². The zero-order valence-corrected chi connectivity index (χ0v) is 17.3. The Morgan fingerprint density at radius 1 is 0.969 bits per heavy atom. The van der Waals surface area contributed by atoms with E-state index in [9.17, 15) is 0 Å². The van der Waals surface area contributed by atoms with Gasteiger partial charge in [0.1, 0.15) is 11.4 Å². The van der Waals surface area contributed by atoms with Crippen molar-refractivity contribution >= 4 is 21.9 Å². The van der Waals surface area contributed by atoms with Gasteiger partial charge in [-0.05, 0) is 43.6 Å². The van der Waals surface area contributed by atoms with Crippen LogP contribution < -0.4 is 0 Å². The molecule has 0 amide bonds. The molecule has 5 aromatic rings. The number of fused-ring (bicyclic) bond motifs is 2. The Balaban J connectivity index is 1.41. The van der Waals surface area contributed by atoms with Crippen molar-refractivity contribution in [2.24, 2.45) is 0 Å². The van der Waals surface area contributed by atoms with Gasteiger partial charge in [0, 0.05) is 30.7 Å². The van der Waals surface area contributed by atoms with Crippen LogP contribution in [0, 0.1) is 5.82 Å². The van der Waals surface area contributed by atoms with Gasteiger partial charge < -0.3 is 4.98 Å². The topological polar surface area (TPSA) is 99.3 Å². The Hall–Kier alpha value is -3.72. The van der Waals surface area contributed by atoms with E-state index in [1.165, 1.54) is 19.3 Å². The second-order valence-electron chi connectivity index (χ2n) is 8.18. The minimum Gasteiger partial charge on any atom is -0.335 e. The summed E-state index contributed by atoms with van der Waals surface area (Å²) in [6.07, 6.45) is 12.2. The molecule has 8 nitrogen and oxygen atoms in total. The summed E-state index contributed by atoms with van der Waals surface area (Å²) >= 11 is 0. The number of halogens is 1. The van der Waals surface area contributed by atoms with Crippen molar-refractivity contribution in [2.45, 2.75) is 25.8 Å². The summed E-state index contributed by atoms with van der Waals surface area (Å²) < 4.78 is 15.8. The van der Waals surface area contributed by atoms with Crippen molar-refractivity contribution in [1.29, 1.82) is 0 Å². The average molecular weight is 428 g/mol. The standard InChI is InChI=1S/C23H21FN8/c24-20-19-18(30-31-22(19)23-28-16-4-5-25-11-17(16)29-23)12-27-21(20)15-8-14(9-26-10-15)13-32-6-2-1-3-7-32/h4-5,8-12H,1-3,6-7,13H2,(H,28,29)(H,30,31). The first-order valence-electron chi connectivity index (χ1n) is 10.8. The molecule has 9 heteroatoms. The van der Waals surface area contributed by atoms with Gasteiger partial charge in [-0.1, -0.05) is 6.42 Å². The first-order valence-corrected chi connectivity index (χ1v) is 10.8. The smallest absolute Gasteiger partial charge is 0.161 e. The van der Waals surface area contributed by atoms with E-state index >= 15 is 4.39 Å². The Labute approximate surface area is 183 Å². The highest BCUT2D eigenvalue weighted by Gasteiger charge is 2.21. The van der Waals surface area contributed by atoms with E-state index in [0.29, 0.717) is 28.0 Å². The third kappa shape index (κ3) is 3.31. The molecule has 2 N–H and O–H groups in total. The molecule has 1 aliphatic rings. The number of nitrogens with zero attached hydrogens (tertiary/aromatic N) is 6. The lowest BCUT2D eigenvalue weighted by Crippen LogP contribution is -2.29. The summed E-state index contributed by atoms with van der Waals surface area (Å²) in [5.74, 6) is 0.0361. The highest BCUT2D eigenvalue weighted by atomic mass is 19.1. The van der Waals surface area contributed by atoms with Crippen LogP contribution in [0.5, 0.6) is 0 Å². The van der Waals surface area contributed by atoms with Gasteiger partial charge in [0.05, 0.1) is 34.3 Å². The van der Waals surface area contributed by atoms with Crippen LogP contribution in [-0.4, -0.2) is 53.1 Å². The van der Waals surface area contributed by atoms with Crippen molar-refractivity contribution < 1.29 is 4.39 Å². The van der Waals surface area contributed by atoms with E-state index in [4.69, 9.17) is 0 Å². The second-order valence-corrected chi connectivity index (χ2v) is 8.18. The predicted molar refractivity (Wildman–Crippen MR) is 119 cm³/mol. The van der Waals surface area contributed by atoms with Crippen molar-refractivity contribution in [3.05, 3.63) is 54.5 Å². The summed E-state index contributed by atoms with van der Waals surface area (Å²) in [6.45, 7) is 3.00. The average Bonchev–Trinajstić information content (AvgIpc) is 3.45. The zero-order valence-electron chi connectivity index (χ0n) is 17.3. The molecule has 0 bridgehead atoms. The summed E-state index contributed by atoms with van der Waals surface area (Å²) in [7, 11) is 0. The third-order valence-corrected chi connectivity index (χ3v) is 5.98. The van der Waals surface area contributed by atoms with Crippen molar-refractivity contribution in [2.75, 3.05) is 13.1 Å². The molecule has 0 radical (unpaired) electrons. The first-order chi connectivity index (χ1) is 15.8. The van der Waals surface area contributed by atoms with Gasteiger partial charge in [0.25, 0.3) is 0 Å². The Bertz CT molecular complexity index is 1380. The van der Waals surface area contributed by atoms with Crippen molar-refractivity contribution in [1.82, 2.24) is 40.0 Å². The summed E-state index contributed by atoms with van der Waals surface area (Å²) in [4.78, 5) is 23.0. The number of pyridine rings is 3. The van der Waals surface area contributed by atoms with Crippen LogP contribution in [0.15, 0.2) is 43.1 Å². The first kappa shape index (κ1) is 19.0. The molecular weight excluding hydrogens is 407 g/mol. The number of aromatic amines is 2. The number of nitrogens with one attached hydrogen (secondary N) is 2. The number of rotatable bonds is 4. The maximum Gasteiger partial charge on any atom is 0.161 e. The maximum atomic E-state index is 15.8. The Morgan fingerprint density at radius 3 is 2.75 bits per heavy atom. The highest BCUT2D eigenvalue weighted by molar-refractivity contribution is 5.95. The number of hydrogen-bond donors (Lipinski definition) is 2. The van der Waals surface area contributed by atoms with Crippen LogP contribution in [0.1, 0.15) is 24.8 Å². The molecule has 6 heterocycles. The van der Waals surface area contributed by atoms with E-state index in [2.05, 4.69) is 40.0 Å². The predicted octanol–water partition coefficient (Wildman–Crippen LogP) is 4.08. The van der Waals surface area contributed by atoms with Gasteiger partial charge >= 0.3 is 0 Å². The van der Waals surface area contributed by atoms with Crippen molar-refractivity contribution in [3.8, 4) is 22.8 Å². The van der Waals surface area contributed by atoms with E-state index in [1.807, 2.05) is 12.3 Å². The molecule has 32 heavy (non-hydrogen) atoms. The molecule has 0 saturated carbocycles. The van der Waals surface area contributed by atoms with Crippen LogP contribution in [0.25, 0.3) is 44.7 Å². The monoisotopic (exact) mass is 428 g/mol. The molecule has 160 valence electrons. The molecule has 0 unspecified atom stereocenters. The van der Waals surface area contributed by atoms with Crippen LogP contribution in [-0.2, 0) is 6.54 Å². The van der Waals surface area contributed by atoms with Crippen LogP contribution in [0.4, 0.5) is 4.39 Å². The largest absolute Gasteiger partial charge is 0.335 e. The zero-order chi connectivity index (χ0) is 21.5. The van der Waals surface area contributed by atoms with Crippen molar-refractivity contribution in [3.63, 3.8) is 0 Å². The fourth-order valence-electron chi connectivity index (χ4n) is 4.40. The number of likely N-dealkylation sites (tertiary alicyclic amines) is 1. The van der Waals surface area contributed by atoms with Gasteiger partial charge in [0.2, 0.25) is 0 Å². The SMILES string of the molecule is Fc1c(-c2cncc(CN3CCCCC3)c2)ncc2[nH]nc(-c3nc4ccncc4[nH]3)c12. The molecule has 0 aliphatic carbocycles. The second kappa shape index (κ2) is 7.76. The normalized spacial score (nSPS) is 15.0. The Morgan fingerprint density at radius 2 is 1.88 bits per heavy atom. The molecule has 1 fully saturated rings. The molecule has 0 atom stereocenters. The summed E-state index contributed by atoms with van der Waals surface area (Å²) in [5.41, 5.74) is 4.40. The summed E-state index contributed by atoms with van der Waals surface area (Å²) in [5, 5.41) is 7.53. The third-order valence-electron chi connectivity index (χ3n) is 5.98. The molecule has 1 aliphatic heterocycles. The molecule has 0 aromatic carbocycles. The molecule has 6 rings (SSSR count). The quantitative estimate of drug-likeness (QED) is 0.447. The number of hydrogen-bond acceptors (Lipinski definition) is 6. The van der Waals surface area contributed by atoms with Gasteiger partial charge in [-0.3, -0.25) is 25.0 Å². The fourth-order valence-corrected chi connectivity index (χ4v) is 4.40. The lowest BCUT2D eigenvalue weighted by atomic mass is 10.1. The molecule has 0 spiro atoms. The molecular formula is C23H21FN8. The van der Waals surface area contributed by atoms with Gasteiger partial charge in [-0.25, -0.2) is 9.37 Å². The fraction of sp³-hybridized carbons (Fsp3) is 0.261. The lowest BCUT2D eigenvalue weighted by Gasteiger charge is -2.26.